The Balaban J connectivity index is 1.76. The Hall–Kier alpha value is -2.04. The molecule has 0 bridgehead atoms. The Morgan fingerprint density at radius 1 is 1.26 bits per heavy atom. The summed E-state index contributed by atoms with van der Waals surface area (Å²) in [4.78, 5) is 25.2. The molecule has 5 heteroatoms. The predicted octanol–water partition coefficient (Wildman–Crippen LogP) is 2.73. The molecule has 0 radical (unpaired) electrons. The van der Waals surface area contributed by atoms with E-state index in [9.17, 15) is 14.7 Å². The Bertz CT molecular complexity index is 549. The first kappa shape index (κ1) is 17.3. The molecule has 1 aliphatic carbocycles. The van der Waals surface area contributed by atoms with Crippen molar-refractivity contribution >= 4 is 11.9 Å². The molecule has 1 aromatic rings. The maximum atomic E-state index is 12.2. The standard InChI is InChI=1S/C18H25NO4/c1-19(16(20)13-18(17(21)22)10-4-11-18)12-3-5-14-6-8-15(23-2)9-7-14/h6-9H,3-5,10-13H2,1-2H3,(H,21,22). The molecule has 1 N–H and O–H groups in total. The molecule has 0 saturated heterocycles. The van der Waals surface area contributed by atoms with Crippen LogP contribution in [-0.2, 0) is 16.0 Å². The fourth-order valence-corrected chi connectivity index (χ4v) is 2.93. The van der Waals surface area contributed by atoms with Gasteiger partial charge in [-0.25, -0.2) is 0 Å². The number of aryl methyl sites for hydroxylation is 1. The summed E-state index contributed by atoms with van der Waals surface area (Å²) in [7, 11) is 3.39. The number of carboxylic acid groups (broad SMARTS) is 1. The van der Waals surface area contributed by atoms with Gasteiger partial charge < -0.3 is 14.7 Å². The number of benzene rings is 1. The van der Waals surface area contributed by atoms with E-state index in [0.29, 0.717) is 19.4 Å². The van der Waals surface area contributed by atoms with Crippen molar-refractivity contribution in [1.82, 2.24) is 4.90 Å². The summed E-state index contributed by atoms with van der Waals surface area (Å²) in [5, 5.41) is 9.30. The van der Waals surface area contributed by atoms with Crippen molar-refractivity contribution in [2.75, 3.05) is 20.7 Å². The second kappa shape index (κ2) is 7.49. The zero-order valence-corrected chi connectivity index (χ0v) is 13.9. The van der Waals surface area contributed by atoms with E-state index in [1.165, 1.54) is 5.56 Å². The number of carbonyl (C=O) groups is 2. The fourth-order valence-electron chi connectivity index (χ4n) is 2.93. The summed E-state index contributed by atoms with van der Waals surface area (Å²) in [5.41, 5.74) is 0.397. The molecule has 0 aliphatic heterocycles. The third-order valence-electron chi connectivity index (χ3n) is 4.80. The highest BCUT2D eigenvalue weighted by atomic mass is 16.5. The van der Waals surface area contributed by atoms with Crippen molar-refractivity contribution < 1.29 is 19.4 Å². The van der Waals surface area contributed by atoms with E-state index in [1.807, 2.05) is 24.3 Å². The van der Waals surface area contributed by atoms with Crippen LogP contribution in [0.1, 0.15) is 37.7 Å². The van der Waals surface area contributed by atoms with Crippen molar-refractivity contribution in [3.63, 3.8) is 0 Å². The molecule has 1 fully saturated rings. The van der Waals surface area contributed by atoms with Gasteiger partial charge >= 0.3 is 5.97 Å². The molecule has 5 nitrogen and oxygen atoms in total. The lowest BCUT2D eigenvalue weighted by molar-refractivity contribution is -0.159. The van der Waals surface area contributed by atoms with Gasteiger partial charge in [0.1, 0.15) is 5.75 Å². The van der Waals surface area contributed by atoms with E-state index in [-0.39, 0.29) is 12.3 Å². The maximum absolute atomic E-state index is 12.2. The third-order valence-corrected chi connectivity index (χ3v) is 4.80. The van der Waals surface area contributed by atoms with Crippen molar-refractivity contribution in [3.05, 3.63) is 29.8 Å². The minimum Gasteiger partial charge on any atom is -0.497 e. The van der Waals surface area contributed by atoms with Gasteiger partial charge in [-0.05, 0) is 43.4 Å². The molecule has 0 unspecified atom stereocenters. The minimum absolute atomic E-state index is 0.0677. The highest BCUT2D eigenvalue weighted by Gasteiger charge is 2.46. The van der Waals surface area contributed by atoms with E-state index >= 15 is 0 Å². The maximum Gasteiger partial charge on any atom is 0.310 e. The van der Waals surface area contributed by atoms with E-state index in [0.717, 1.165) is 25.0 Å². The summed E-state index contributed by atoms with van der Waals surface area (Å²) in [6.07, 6.45) is 4.00. The van der Waals surface area contributed by atoms with Crippen LogP contribution in [0.4, 0.5) is 0 Å². The van der Waals surface area contributed by atoms with Gasteiger partial charge in [-0.1, -0.05) is 18.6 Å². The van der Waals surface area contributed by atoms with Crippen LogP contribution in [0.25, 0.3) is 0 Å². The number of carbonyl (C=O) groups excluding carboxylic acids is 1. The van der Waals surface area contributed by atoms with Crippen LogP contribution in [-0.4, -0.2) is 42.6 Å². The van der Waals surface area contributed by atoms with Crippen LogP contribution in [0, 0.1) is 5.41 Å². The summed E-state index contributed by atoms with van der Waals surface area (Å²) in [5.74, 6) is -0.0638. The Kier molecular flexibility index (Phi) is 5.64. The molecule has 1 aromatic carbocycles. The minimum atomic E-state index is -0.830. The number of hydrogen-bond donors (Lipinski definition) is 1. The van der Waals surface area contributed by atoms with E-state index in [2.05, 4.69) is 0 Å². The molecule has 0 spiro atoms. The fraction of sp³-hybridized carbons (Fsp3) is 0.556. The van der Waals surface area contributed by atoms with Gasteiger partial charge in [-0.15, -0.1) is 0 Å². The second-order valence-electron chi connectivity index (χ2n) is 6.38. The number of nitrogens with zero attached hydrogens (tertiary/aromatic N) is 1. The molecule has 2 rings (SSSR count). The number of rotatable bonds is 8. The second-order valence-corrected chi connectivity index (χ2v) is 6.38. The Morgan fingerprint density at radius 3 is 2.39 bits per heavy atom. The average molecular weight is 319 g/mol. The molecule has 1 saturated carbocycles. The smallest absolute Gasteiger partial charge is 0.310 e. The molecule has 0 aromatic heterocycles. The lowest BCUT2D eigenvalue weighted by Gasteiger charge is -2.38. The van der Waals surface area contributed by atoms with Crippen molar-refractivity contribution in [2.45, 2.75) is 38.5 Å². The van der Waals surface area contributed by atoms with Crippen LogP contribution < -0.4 is 4.74 Å². The molecule has 0 atom stereocenters. The van der Waals surface area contributed by atoms with E-state index in [4.69, 9.17) is 4.74 Å². The summed E-state index contributed by atoms with van der Waals surface area (Å²) in [6.45, 7) is 0.639. The summed E-state index contributed by atoms with van der Waals surface area (Å²) < 4.78 is 5.12. The lowest BCUT2D eigenvalue weighted by atomic mass is 9.66. The van der Waals surface area contributed by atoms with Crippen molar-refractivity contribution in [3.8, 4) is 5.75 Å². The molecule has 23 heavy (non-hydrogen) atoms. The molecule has 126 valence electrons. The number of amides is 1. The van der Waals surface area contributed by atoms with Gasteiger partial charge in [0.05, 0.1) is 12.5 Å². The molecular formula is C18H25NO4. The zero-order chi connectivity index (χ0) is 16.9. The quantitative estimate of drug-likeness (QED) is 0.800. The predicted molar refractivity (Wildman–Crippen MR) is 87.5 cm³/mol. The number of hydrogen-bond acceptors (Lipinski definition) is 3. The van der Waals surface area contributed by atoms with E-state index < -0.39 is 11.4 Å². The summed E-state index contributed by atoms with van der Waals surface area (Å²) in [6, 6.07) is 7.90. The monoisotopic (exact) mass is 319 g/mol. The van der Waals surface area contributed by atoms with Crippen LogP contribution in [0.15, 0.2) is 24.3 Å². The highest BCUT2D eigenvalue weighted by Crippen LogP contribution is 2.44. The van der Waals surface area contributed by atoms with Crippen molar-refractivity contribution in [1.29, 1.82) is 0 Å². The lowest BCUT2D eigenvalue weighted by Crippen LogP contribution is -2.43. The molecular weight excluding hydrogens is 294 g/mol. The van der Waals surface area contributed by atoms with Crippen molar-refractivity contribution in [2.24, 2.45) is 5.41 Å². The van der Waals surface area contributed by atoms with Gasteiger partial charge in [-0.2, -0.15) is 0 Å². The number of methoxy groups -OCH3 is 1. The molecule has 0 heterocycles. The van der Waals surface area contributed by atoms with Gasteiger partial charge in [0.15, 0.2) is 0 Å². The largest absolute Gasteiger partial charge is 0.497 e. The molecule has 1 aliphatic rings. The van der Waals surface area contributed by atoms with E-state index in [1.54, 1.807) is 19.1 Å². The summed E-state index contributed by atoms with van der Waals surface area (Å²) >= 11 is 0. The van der Waals surface area contributed by atoms with Gasteiger partial charge in [0, 0.05) is 20.0 Å². The highest BCUT2D eigenvalue weighted by molar-refractivity contribution is 5.85. The van der Waals surface area contributed by atoms with Gasteiger partial charge in [0.25, 0.3) is 0 Å². The van der Waals surface area contributed by atoms with Gasteiger partial charge in [0.2, 0.25) is 5.91 Å². The van der Waals surface area contributed by atoms with Crippen LogP contribution in [0.5, 0.6) is 5.75 Å². The topological polar surface area (TPSA) is 66.8 Å². The number of ether oxygens (including phenoxy) is 1. The first-order valence-electron chi connectivity index (χ1n) is 8.07. The first-order chi connectivity index (χ1) is 11.0. The third kappa shape index (κ3) is 4.24. The normalized spacial score (nSPS) is 15.6. The average Bonchev–Trinajstić information content (AvgIpc) is 2.50. The number of carboxylic acids is 1. The van der Waals surface area contributed by atoms with Crippen LogP contribution in [0.2, 0.25) is 0 Å². The van der Waals surface area contributed by atoms with Gasteiger partial charge in [-0.3, -0.25) is 9.59 Å². The zero-order valence-electron chi connectivity index (χ0n) is 13.9. The Labute approximate surface area is 137 Å². The van der Waals surface area contributed by atoms with Crippen LogP contribution in [0.3, 0.4) is 0 Å². The number of aliphatic carboxylic acids is 1. The SMILES string of the molecule is COc1ccc(CCCN(C)C(=O)CC2(C(=O)O)CCC2)cc1. The first-order valence-corrected chi connectivity index (χ1v) is 8.07. The molecule has 1 amide bonds. The van der Waals surface area contributed by atoms with Crippen LogP contribution >= 0.6 is 0 Å². The Morgan fingerprint density at radius 2 is 1.91 bits per heavy atom.